The number of thiophene rings is 1. The standard InChI is InChI=1S/C55H45NOS/c1-54(2)46-17-5-3-13-42(46)43-23-21-39(31-48(43)54)56(38-12-9-11-35(30-38)41-15-10-16-45-44-14-4-8-20-52(44)58-53(41)45)40-22-24-51-49(32-40)55(47-18-6-7-19-50(47)57-51)36-26-33-25-34(28-36)29-37(55)27-33/h3-24,30-34,36-37H,25-29H2,1-2H3. The second kappa shape index (κ2) is 12.0. The monoisotopic (exact) mass is 767 g/mol. The van der Waals surface area contributed by atoms with Gasteiger partial charge in [-0.15, -0.1) is 11.3 Å². The third kappa shape index (κ3) is 4.49. The average molecular weight is 768 g/mol. The Hall–Kier alpha value is -5.64. The van der Waals surface area contributed by atoms with E-state index in [4.69, 9.17) is 4.74 Å². The lowest BCUT2D eigenvalue weighted by atomic mass is 9.42. The van der Waals surface area contributed by atoms with Crippen LogP contribution in [0, 0.1) is 23.7 Å². The Bertz CT molecular complexity index is 2980. The summed E-state index contributed by atoms with van der Waals surface area (Å²) in [6, 6.07) is 57.4. The molecule has 4 fully saturated rings. The van der Waals surface area contributed by atoms with Gasteiger partial charge in [0.25, 0.3) is 0 Å². The summed E-state index contributed by atoms with van der Waals surface area (Å²) in [4.78, 5) is 2.54. The van der Waals surface area contributed by atoms with Gasteiger partial charge in [-0.05, 0) is 144 Å². The summed E-state index contributed by atoms with van der Waals surface area (Å²) in [5.74, 6) is 5.14. The fourth-order valence-electron chi connectivity index (χ4n) is 13.1. The van der Waals surface area contributed by atoms with Crippen molar-refractivity contribution in [3.63, 3.8) is 0 Å². The molecule has 4 bridgehead atoms. The maximum atomic E-state index is 6.90. The first kappa shape index (κ1) is 33.3. The van der Waals surface area contributed by atoms with Gasteiger partial charge in [-0.25, -0.2) is 0 Å². The summed E-state index contributed by atoms with van der Waals surface area (Å²) in [7, 11) is 0. The fourth-order valence-corrected chi connectivity index (χ4v) is 14.3. The van der Waals surface area contributed by atoms with Gasteiger partial charge in [0.15, 0.2) is 0 Å². The van der Waals surface area contributed by atoms with E-state index in [1.165, 1.54) is 114 Å². The zero-order valence-corrected chi connectivity index (χ0v) is 33.9. The molecule has 0 unspecified atom stereocenters. The molecule has 8 aromatic rings. The van der Waals surface area contributed by atoms with E-state index >= 15 is 0 Å². The Morgan fingerprint density at radius 3 is 1.97 bits per heavy atom. The molecule has 14 rings (SSSR count). The van der Waals surface area contributed by atoms with Gasteiger partial charge >= 0.3 is 0 Å². The van der Waals surface area contributed by atoms with Crippen LogP contribution < -0.4 is 9.64 Å². The normalized spacial score (nSPS) is 24.0. The lowest BCUT2D eigenvalue weighted by molar-refractivity contribution is -0.0452. The van der Waals surface area contributed by atoms with Gasteiger partial charge in [0.2, 0.25) is 0 Å². The number of hydrogen-bond acceptors (Lipinski definition) is 3. The maximum absolute atomic E-state index is 6.90. The van der Waals surface area contributed by atoms with Gasteiger partial charge in [0.05, 0.1) is 0 Å². The molecule has 1 aliphatic heterocycles. The molecule has 1 aromatic heterocycles. The molecule has 1 spiro atoms. The number of hydrogen-bond donors (Lipinski definition) is 0. The highest BCUT2D eigenvalue weighted by atomic mass is 32.1. The highest BCUT2D eigenvalue weighted by molar-refractivity contribution is 7.26. The first-order chi connectivity index (χ1) is 28.4. The van der Waals surface area contributed by atoms with Crippen molar-refractivity contribution in [2.75, 3.05) is 4.90 Å². The summed E-state index contributed by atoms with van der Waals surface area (Å²) >= 11 is 1.90. The molecule has 2 heterocycles. The summed E-state index contributed by atoms with van der Waals surface area (Å²) in [5, 5.41) is 2.66. The first-order valence-corrected chi connectivity index (χ1v) is 22.2. The minimum atomic E-state index is -0.107. The number of anilines is 3. The van der Waals surface area contributed by atoms with Crippen LogP contribution in [0.3, 0.4) is 0 Å². The third-order valence-electron chi connectivity index (χ3n) is 15.3. The van der Waals surface area contributed by atoms with Crippen molar-refractivity contribution >= 4 is 48.6 Å². The van der Waals surface area contributed by atoms with Crippen LogP contribution in [-0.2, 0) is 10.8 Å². The summed E-state index contributed by atoms with van der Waals surface area (Å²) in [6.07, 6.45) is 6.77. The molecule has 3 heteroatoms. The molecule has 0 radical (unpaired) electrons. The Kier molecular flexibility index (Phi) is 6.88. The number of fused-ring (bicyclic) bond motifs is 8. The first-order valence-electron chi connectivity index (χ1n) is 21.4. The smallest absolute Gasteiger partial charge is 0.131 e. The van der Waals surface area contributed by atoms with Crippen molar-refractivity contribution < 1.29 is 4.74 Å². The molecule has 0 N–H and O–H groups in total. The summed E-state index contributed by atoms with van der Waals surface area (Å²) in [5.41, 5.74) is 14.3. The van der Waals surface area contributed by atoms with Crippen molar-refractivity contribution in [1.82, 2.24) is 0 Å². The molecule has 0 saturated heterocycles. The molecule has 58 heavy (non-hydrogen) atoms. The average Bonchev–Trinajstić information content (AvgIpc) is 3.74. The van der Waals surface area contributed by atoms with Crippen LogP contribution in [0.1, 0.15) is 68.2 Å². The van der Waals surface area contributed by atoms with E-state index in [1.807, 2.05) is 11.3 Å². The van der Waals surface area contributed by atoms with Gasteiger partial charge in [0.1, 0.15) is 11.5 Å². The minimum absolute atomic E-state index is 0.0283. The Balaban J connectivity index is 1.02. The van der Waals surface area contributed by atoms with Crippen LogP contribution in [-0.4, -0.2) is 0 Å². The molecule has 7 aromatic carbocycles. The molecule has 0 atom stereocenters. The molecule has 2 nitrogen and oxygen atoms in total. The highest BCUT2D eigenvalue weighted by Gasteiger charge is 2.61. The van der Waals surface area contributed by atoms with Crippen molar-refractivity contribution in [3.8, 4) is 33.8 Å². The fraction of sp³-hybridized carbons (Fsp3) is 0.236. The number of rotatable bonds is 4. The Labute approximate surface area is 344 Å². The Morgan fingerprint density at radius 2 is 1.12 bits per heavy atom. The third-order valence-corrected chi connectivity index (χ3v) is 16.5. The van der Waals surface area contributed by atoms with E-state index in [2.05, 4.69) is 170 Å². The molecular weight excluding hydrogens is 723 g/mol. The molecule has 5 aliphatic carbocycles. The van der Waals surface area contributed by atoms with E-state index in [9.17, 15) is 0 Å². The van der Waals surface area contributed by atoms with Gasteiger partial charge < -0.3 is 9.64 Å². The largest absolute Gasteiger partial charge is 0.457 e. The van der Waals surface area contributed by atoms with Crippen LogP contribution >= 0.6 is 11.3 Å². The number of ether oxygens (including phenoxy) is 1. The summed E-state index contributed by atoms with van der Waals surface area (Å²) in [6.45, 7) is 4.78. The second-order valence-electron chi connectivity index (χ2n) is 18.5. The van der Waals surface area contributed by atoms with Gasteiger partial charge in [-0.2, -0.15) is 0 Å². The zero-order valence-electron chi connectivity index (χ0n) is 33.0. The number of benzene rings is 7. The molecular formula is C55H45NOS. The topological polar surface area (TPSA) is 12.5 Å². The van der Waals surface area contributed by atoms with Crippen LogP contribution in [0.25, 0.3) is 42.4 Å². The van der Waals surface area contributed by atoms with Crippen molar-refractivity contribution in [3.05, 3.63) is 174 Å². The van der Waals surface area contributed by atoms with E-state index in [0.29, 0.717) is 11.8 Å². The predicted octanol–water partition coefficient (Wildman–Crippen LogP) is 15.3. The van der Waals surface area contributed by atoms with Crippen LogP contribution in [0.2, 0.25) is 0 Å². The number of nitrogens with zero attached hydrogens (tertiary/aromatic N) is 1. The number of para-hydroxylation sites is 1. The van der Waals surface area contributed by atoms with Gasteiger partial charge in [0, 0.05) is 59.2 Å². The quantitative estimate of drug-likeness (QED) is 0.177. The van der Waals surface area contributed by atoms with Crippen LogP contribution in [0.5, 0.6) is 11.5 Å². The van der Waals surface area contributed by atoms with Gasteiger partial charge in [-0.3, -0.25) is 0 Å². The zero-order chi connectivity index (χ0) is 38.3. The SMILES string of the molecule is CC1(C)c2ccccc2-c2ccc(N(c3cccc(-c4cccc5c4sc4ccccc45)c3)c3ccc4c(c3)C3(c5ccccc5O4)C4CC5CC(C4)CC3C5)cc21. The maximum Gasteiger partial charge on any atom is 0.131 e. The van der Waals surface area contributed by atoms with E-state index < -0.39 is 0 Å². The molecule has 6 aliphatic rings. The van der Waals surface area contributed by atoms with Gasteiger partial charge in [-0.1, -0.05) is 111 Å². The lowest BCUT2D eigenvalue weighted by Gasteiger charge is -2.63. The van der Waals surface area contributed by atoms with Crippen LogP contribution in [0.15, 0.2) is 152 Å². The highest BCUT2D eigenvalue weighted by Crippen LogP contribution is 2.69. The van der Waals surface area contributed by atoms with E-state index in [0.717, 1.165) is 23.3 Å². The minimum Gasteiger partial charge on any atom is -0.457 e. The Morgan fingerprint density at radius 1 is 0.500 bits per heavy atom. The van der Waals surface area contributed by atoms with Crippen molar-refractivity contribution in [2.45, 2.75) is 56.8 Å². The summed E-state index contributed by atoms with van der Waals surface area (Å²) < 4.78 is 9.58. The van der Waals surface area contributed by atoms with E-state index in [-0.39, 0.29) is 10.8 Å². The lowest BCUT2D eigenvalue weighted by Crippen LogP contribution is -2.57. The van der Waals surface area contributed by atoms with Crippen molar-refractivity contribution in [2.24, 2.45) is 23.7 Å². The molecule has 0 amide bonds. The van der Waals surface area contributed by atoms with Crippen molar-refractivity contribution in [1.29, 1.82) is 0 Å². The second-order valence-corrected chi connectivity index (χ2v) is 19.6. The predicted molar refractivity (Wildman–Crippen MR) is 241 cm³/mol. The van der Waals surface area contributed by atoms with Crippen LogP contribution in [0.4, 0.5) is 17.1 Å². The molecule has 282 valence electrons. The van der Waals surface area contributed by atoms with E-state index in [1.54, 1.807) is 0 Å². The molecule has 4 saturated carbocycles.